The zero-order valence-electron chi connectivity index (χ0n) is 16.6. The molecule has 27 heavy (non-hydrogen) atoms. The van der Waals surface area contributed by atoms with Crippen LogP contribution < -0.4 is 14.9 Å². The number of hydrogen-bond acceptors (Lipinski definition) is 5. The van der Waals surface area contributed by atoms with Crippen molar-refractivity contribution in [3.8, 4) is 5.75 Å². The van der Waals surface area contributed by atoms with Gasteiger partial charge in [0.05, 0.1) is 18.5 Å². The van der Waals surface area contributed by atoms with Gasteiger partial charge in [0.2, 0.25) is 10.0 Å². The molecule has 8 nitrogen and oxygen atoms in total. The Balaban J connectivity index is 2.02. The van der Waals surface area contributed by atoms with Crippen molar-refractivity contribution in [1.29, 1.82) is 0 Å². The van der Waals surface area contributed by atoms with E-state index in [1.807, 2.05) is 39.0 Å². The van der Waals surface area contributed by atoms with Crippen LogP contribution in [0.4, 0.5) is 5.69 Å². The highest BCUT2D eigenvalue weighted by Gasteiger charge is 2.24. The van der Waals surface area contributed by atoms with Crippen molar-refractivity contribution in [3.05, 3.63) is 24.3 Å². The van der Waals surface area contributed by atoms with E-state index in [0.717, 1.165) is 50.6 Å². The maximum atomic E-state index is 11.5. The number of guanidine groups is 1. The minimum Gasteiger partial charge on any atom is -0.506 e. The molecule has 0 spiro atoms. The zero-order valence-corrected chi connectivity index (χ0v) is 17.4. The summed E-state index contributed by atoms with van der Waals surface area (Å²) in [7, 11) is -3.29. The number of rotatable bonds is 6. The van der Waals surface area contributed by atoms with Crippen LogP contribution in [-0.4, -0.2) is 75.4 Å². The lowest BCUT2D eigenvalue weighted by atomic mass is 10.1. The topological polar surface area (TPSA) is 97.3 Å². The highest BCUT2D eigenvalue weighted by atomic mass is 32.2. The Bertz CT molecular complexity index is 756. The van der Waals surface area contributed by atoms with Crippen LogP contribution in [0.2, 0.25) is 0 Å². The van der Waals surface area contributed by atoms with Crippen molar-refractivity contribution in [2.24, 2.45) is 4.99 Å². The van der Waals surface area contributed by atoms with E-state index in [1.54, 1.807) is 6.07 Å². The molecule has 3 N–H and O–H groups in total. The third-order valence-corrected chi connectivity index (χ3v) is 5.15. The molecule has 0 saturated carbocycles. The van der Waals surface area contributed by atoms with Gasteiger partial charge in [-0.1, -0.05) is 12.1 Å². The third-order valence-electron chi connectivity index (χ3n) is 4.22. The summed E-state index contributed by atoms with van der Waals surface area (Å²) in [6, 6.07) is 7.36. The summed E-state index contributed by atoms with van der Waals surface area (Å²) in [5, 5.41) is 13.3. The van der Waals surface area contributed by atoms with Gasteiger partial charge in [-0.3, -0.25) is 4.99 Å². The van der Waals surface area contributed by atoms with Gasteiger partial charge in [0, 0.05) is 38.3 Å². The van der Waals surface area contributed by atoms with Gasteiger partial charge in [-0.05, 0) is 32.9 Å². The van der Waals surface area contributed by atoms with Gasteiger partial charge in [-0.15, -0.1) is 0 Å². The van der Waals surface area contributed by atoms with Crippen LogP contribution in [0, 0.1) is 0 Å². The molecular formula is C18H31N5O3S. The van der Waals surface area contributed by atoms with Crippen LogP contribution in [0.3, 0.4) is 0 Å². The molecule has 1 heterocycles. The number of para-hydroxylation sites is 2. The number of benzene rings is 1. The Morgan fingerprint density at radius 1 is 1.22 bits per heavy atom. The molecule has 0 bridgehead atoms. The summed E-state index contributed by atoms with van der Waals surface area (Å²) in [5.41, 5.74) is 0.184. The van der Waals surface area contributed by atoms with Crippen LogP contribution >= 0.6 is 0 Å². The maximum Gasteiger partial charge on any atom is 0.209 e. The number of phenols is 1. The molecule has 1 fully saturated rings. The van der Waals surface area contributed by atoms with Crippen molar-refractivity contribution >= 4 is 21.7 Å². The molecule has 1 aromatic carbocycles. The lowest BCUT2D eigenvalue weighted by molar-refractivity contribution is 0.366. The highest BCUT2D eigenvalue weighted by molar-refractivity contribution is 7.88. The van der Waals surface area contributed by atoms with E-state index in [2.05, 4.69) is 24.8 Å². The van der Waals surface area contributed by atoms with Gasteiger partial charge in [-0.2, -0.15) is 0 Å². The first-order valence-electron chi connectivity index (χ1n) is 9.16. The van der Waals surface area contributed by atoms with Gasteiger partial charge < -0.3 is 20.2 Å². The summed E-state index contributed by atoms with van der Waals surface area (Å²) >= 11 is 0. The molecule has 9 heteroatoms. The fraction of sp³-hybridized carbons (Fsp3) is 0.611. The van der Waals surface area contributed by atoms with E-state index >= 15 is 0 Å². The molecule has 2 rings (SSSR count). The summed E-state index contributed by atoms with van der Waals surface area (Å²) in [6.07, 6.45) is 1.15. The Kier molecular flexibility index (Phi) is 6.94. The molecule has 0 atom stereocenters. The highest BCUT2D eigenvalue weighted by Crippen LogP contribution is 2.27. The van der Waals surface area contributed by atoms with E-state index < -0.39 is 15.6 Å². The molecule has 0 unspecified atom stereocenters. The van der Waals surface area contributed by atoms with Crippen LogP contribution in [-0.2, 0) is 10.0 Å². The Hall–Kier alpha value is -2.00. The van der Waals surface area contributed by atoms with Crippen LogP contribution in [0.1, 0.15) is 20.8 Å². The fourth-order valence-corrected chi connectivity index (χ4v) is 4.19. The number of aromatic hydroxyl groups is 1. The number of phenolic OH excluding ortho intramolecular Hbond substituents is 1. The lowest BCUT2D eigenvalue weighted by Crippen LogP contribution is -2.53. The number of nitrogens with one attached hydrogen (secondary N) is 2. The quantitative estimate of drug-likeness (QED) is 0.485. The first kappa shape index (κ1) is 21.3. The second-order valence-corrected chi connectivity index (χ2v) is 9.14. The molecular weight excluding hydrogens is 366 g/mol. The van der Waals surface area contributed by atoms with E-state index in [9.17, 15) is 13.5 Å². The van der Waals surface area contributed by atoms with Crippen molar-refractivity contribution in [3.63, 3.8) is 0 Å². The van der Waals surface area contributed by atoms with Gasteiger partial charge in [0.1, 0.15) is 5.75 Å². The van der Waals surface area contributed by atoms with E-state index in [0.29, 0.717) is 12.3 Å². The molecule has 1 aliphatic rings. The van der Waals surface area contributed by atoms with Crippen LogP contribution in [0.25, 0.3) is 0 Å². The standard InChI is InChI=1S/C18H31N5O3S/c1-5-19-17(20-14-18(2,3)21-27(4,25)26)23-12-10-22(11-13-23)15-8-6-7-9-16(15)24/h6-9,21,24H,5,10-14H2,1-4H3,(H,19,20). The molecule has 1 aliphatic heterocycles. The van der Waals surface area contributed by atoms with Crippen molar-refractivity contribution in [2.45, 2.75) is 26.3 Å². The first-order valence-corrected chi connectivity index (χ1v) is 11.1. The molecule has 152 valence electrons. The van der Waals surface area contributed by atoms with E-state index in [4.69, 9.17) is 0 Å². The zero-order chi connectivity index (χ0) is 20.1. The average molecular weight is 398 g/mol. The molecule has 1 saturated heterocycles. The first-order chi connectivity index (χ1) is 12.6. The Morgan fingerprint density at radius 2 is 1.85 bits per heavy atom. The second-order valence-electron chi connectivity index (χ2n) is 7.39. The lowest BCUT2D eigenvalue weighted by Gasteiger charge is -2.38. The normalized spacial score (nSPS) is 16.5. The number of sulfonamides is 1. The molecule has 0 radical (unpaired) electrons. The van der Waals surface area contributed by atoms with Gasteiger partial charge in [0.15, 0.2) is 5.96 Å². The van der Waals surface area contributed by atoms with Gasteiger partial charge in [-0.25, -0.2) is 13.1 Å². The number of piperazine rings is 1. The van der Waals surface area contributed by atoms with Gasteiger partial charge in [0.25, 0.3) is 0 Å². The molecule has 0 aliphatic carbocycles. The van der Waals surface area contributed by atoms with Crippen molar-refractivity contribution < 1.29 is 13.5 Å². The maximum absolute atomic E-state index is 11.5. The Morgan fingerprint density at radius 3 is 2.41 bits per heavy atom. The summed E-state index contributed by atoms with van der Waals surface area (Å²) in [6.45, 7) is 9.78. The van der Waals surface area contributed by atoms with Crippen molar-refractivity contribution in [2.75, 3.05) is 50.4 Å². The largest absolute Gasteiger partial charge is 0.506 e. The molecule has 0 amide bonds. The number of nitrogens with zero attached hydrogens (tertiary/aromatic N) is 3. The Labute approximate surface area is 162 Å². The average Bonchev–Trinajstić information content (AvgIpc) is 2.57. The minimum atomic E-state index is -3.29. The molecule has 0 aromatic heterocycles. The smallest absolute Gasteiger partial charge is 0.209 e. The van der Waals surface area contributed by atoms with E-state index in [1.165, 1.54) is 0 Å². The van der Waals surface area contributed by atoms with Crippen LogP contribution in [0.5, 0.6) is 5.75 Å². The predicted octanol–water partition coefficient (Wildman–Crippen LogP) is 0.808. The second kappa shape index (κ2) is 8.79. The number of anilines is 1. The van der Waals surface area contributed by atoms with E-state index in [-0.39, 0.29) is 0 Å². The SMILES string of the molecule is CCNC(=NCC(C)(C)NS(C)(=O)=O)N1CCN(c2ccccc2O)CC1. The predicted molar refractivity (Wildman–Crippen MR) is 110 cm³/mol. The third kappa shape index (κ3) is 6.59. The monoisotopic (exact) mass is 397 g/mol. The van der Waals surface area contributed by atoms with Crippen LogP contribution in [0.15, 0.2) is 29.3 Å². The van der Waals surface area contributed by atoms with Crippen molar-refractivity contribution in [1.82, 2.24) is 14.9 Å². The number of aliphatic imine (C=N–C) groups is 1. The fourth-order valence-electron chi connectivity index (χ4n) is 3.12. The molecule has 1 aromatic rings. The minimum absolute atomic E-state index is 0.292. The summed E-state index contributed by atoms with van der Waals surface area (Å²) in [4.78, 5) is 8.97. The summed E-state index contributed by atoms with van der Waals surface area (Å²) in [5.74, 6) is 1.07. The summed E-state index contributed by atoms with van der Waals surface area (Å²) < 4.78 is 25.6. The van der Waals surface area contributed by atoms with Gasteiger partial charge >= 0.3 is 0 Å². The number of hydrogen-bond donors (Lipinski definition) is 3.